The molecule has 3 rings (SSSR count). The van der Waals surface area contributed by atoms with Crippen molar-refractivity contribution < 1.29 is 9.18 Å². The van der Waals surface area contributed by atoms with Gasteiger partial charge in [0, 0.05) is 6.04 Å². The number of hydrogen-bond donors (Lipinski definition) is 2. The molecule has 1 aromatic carbocycles. The number of nitrogens with one attached hydrogen (secondary N) is 2. The minimum atomic E-state index is -0.320. The Bertz CT molecular complexity index is 506. The average molecular weight is 290 g/mol. The number of amides is 1. The Kier molecular flexibility index (Phi) is 4.54. The molecule has 1 aromatic rings. The normalized spacial score (nSPS) is 20.6. The van der Waals surface area contributed by atoms with Gasteiger partial charge in [-0.2, -0.15) is 0 Å². The van der Waals surface area contributed by atoms with Gasteiger partial charge in [0.05, 0.1) is 5.56 Å². The maximum Gasteiger partial charge on any atom is 0.254 e. The van der Waals surface area contributed by atoms with Crippen molar-refractivity contribution in [2.75, 3.05) is 13.1 Å². The van der Waals surface area contributed by atoms with Crippen molar-refractivity contribution in [2.24, 2.45) is 0 Å². The molecule has 1 aliphatic heterocycles. The molecule has 0 radical (unpaired) electrons. The van der Waals surface area contributed by atoms with Crippen molar-refractivity contribution in [3.8, 4) is 0 Å². The first kappa shape index (κ1) is 14.5. The average Bonchev–Trinajstić information content (AvgIpc) is 3.01. The maximum atomic E-state index is 14.7. The van der Waals surface area contributed by atoms with E-state index in [4.69, 9.17) is 0 Å². The van der Waals surface area contributed by atoms with Gasteiger partial charge in [0.25, 0.3) is 5.91 Å². The number of piperidine rings is 1. The summed E-state index contributed by atoms with van der Waals surface area (Å²) in [5.41, 5.74) is 0.911. The van der Waals surface area contributed by atoms with Gasteiger partial charge in [-0.25, -0.2) is 4.39 Å². The lowest BCUT2D eigenvalue weighted by molar-refractivity contribution is 0.0933. The highest BCUT2D eigenvalue weighted by atomic mass is 19.1. The highest BCUT2D eigenvalue weighted by Gasteiger charge is 2.24. The molecule has 1 heterocycles. The molecule has 1 saturated heterocycles. The Morgan fingerprint density at radius 1 is 1.14 bits per heavy atom. The van der Waals surface area contributed by atoms with Crippen LogP contribution in [0, 0.1) is 5.82 Å². The van der Waals surface area contributed by atoms with Crippen LogP contribution in [0.25, 0.3) is 0 Å². The third-order valence-corrected chi connectivity index (χ3v) is 4.74. The first-order valence-electron chi connectivity index (χ1n) is 8.05. The topological polar surface area (TPSA) is 41.1 Å². The Morgan fingerprint density at radius 2 is 1.86 bits per heavy atom. The van der Waals surface area contributed by atoms with Crippen molar-refractivity contribution >= 4 is 5.91 Å². The van der Waals surface area contributed by atoms with E-state index in [2.05, 4.69) is 10.6 Å². The first-order valence-corrected chi connectivity index (χ1v) is 8.05. The van der Waals surface area contributed by atoms with Crippen LogP contribution in [0.4, 0.5) is 4.39 Å². The van der Waals surface area contributed by atoms with E-state index in [0.717, 1.165) is 51.6 Å². The van der Waals surface area contributed by atoms with Crippen LogP contribution >= 0.6 is 0 Å². The van der Waals surface area contributed by atoms with E-state index in [1.54, 1.807) is 6.07 Å². The van der Waals surface area contributed by atoms with Crippen molar-refractivity contribution in [2.45, 2.75) is 50.5 Å². The van der Waals surface area contributed by atoms with Gasteiger partial charge < -0.3 is 10.6 Å². The summed E-state index contributed by atoms with van der Waals surface area (Å²) >= 11 is 0. The number of hydrogen-bond acceptors (Lipinski definition) is 2. The summed E-state index contributed by atoms with van der Waals surface area (Å²) in [6.45, 7) is 1.84. The van der Waals surface area contributed by atoms with Gasteiger partial charge in [0.2, 0.25) is 0 Å². The molecule has 1 amide bonds. The van der Waals surface area contributed by atoms with Gasteiger partial charge in [-0.05, 0) is 56.3 Å². The molecule has 2 fully saturated rings. The van der Waals surface area contributed by atoms with E-state index in [0.29, 0.717) is 5.56 Å². The molecule has 21 heavy (non-hydrogen) atoms. The molecule has 3 nitrogen and oxygen atoms in total. The van der Waals surface area contributed by atoms with Crippen molar-refractivity contribution in [1.82, 2.24) is 10.6 Å². The third-order valence-electron chi connectivity index (χ3n) is 4.74. The fourth-order valence-electron chi connectivity index (χ4n) is 3.51. The molecule has 2 aliphatic rings. The predicted molar refractivity (Wildman–Crippen MR) is 81.0 cm³/mol. The van der Waals surface area contributed by atoms with Crippen LogP contribution < -0.4 is 10.6 Å². The summed E-state index contributed by atoms with van der Waals surface area (Å²) in [5.74, 6) is -0.347. The fourth-order valence-corrected chi connectivity index (χ4v) is 3.51. The zero-order valence-electron chi connectivity index (χ0n) is 12.3. The Labute approximate surface area is 125 Å². The summed E-state index contributed by atoms with van der Waals surface area (Å²) in [6, 6.07) is 5.46. The second-order valence-electron chi connectivity index (χ2n) is 6.19. The zero-order chi connectivity index (χ0) is 14.7. The quantitative estimate of drug-likeness (QED) is 0.898. The van der Waals surface area contributed by atoms with Crippen LogP contribution in [0.15, 0.2) is 18.2 Å². The second-order valence-corrected chi connectivity index (χ2v) is 6.19. The van der Waals surface area contributed by atoms with Crippen LogP contribution in [-0.2, 0) is 0 Å². The third kappa shape index (κ3) is 3.26. The largest absolute Gasteiger partial charge is 0.349 e. The number of halogens is 1. The summed E-state index contributed by atoms with van der Waals surface area (Å²) in [6.07, 6.45) is 6.21. The monoisotopic (exact) mass is 290 g/mol. The SMILES string of the molecule is O=C(NC1CCCC1)c1cccc(C2CCNCC2)c1F. The van der Waals surface area contributed by atoms with Gasteiger partial charge in [0.15, 0.2) is 0 Å². The lowest BCUT2D eigenvalue weighted by Gasteiger charge is -2.24. The van der Waals surface area contributed by atoms with Gasteiger partial charge in [-0.15, -0.1) is 0 Å². The molecule has 0 aromatic heterocycles. The zero-order valence-corrected chi connectivity index (χ0v) is 12.3. The van der Waals surface area contributed by atoms with Crippen LogP contribution in [-0.4, -0.2) is 25.0 Å². The van der Waals surface area contributed by atoms with Crippen molar-refractivity contribution in [3.63, 3.8) is 0 Å². The van der Waals surface area contributed by atoms with Crippen LogP contribution in [0.5, 0.6) is 0 Å². The van der Waals surface area contributed by atoms with Crippen molar-refractivity contribution in [3.05, 3.63) is 35.1 Å². The Hall–Kier alpha value is -1.42. The fraction of sp³-hybridized carbons (Fsp3) is 0.588. The standard InChI is InChI=1S/C17H23FN2O/c18-16-14(12-8-10-19-11-9-12)6-3-7-15(16)17(21)20-13-4-1-2-5-13/h3,6-7,12-13,19H,1-2,4-5,8-11H2,(H,20,21). The smallest absolute Gasteiger partial charge is 0.254 e. The Balaban J connectivity index is 1.76. The van der Waals surface area contributed by atoms with Crippen LogP contribution in [0.3, 0.4) is 0 Å². The maximum absolute atomic E-state index is 14.7. The molecule has 0 spiro atoms. The van der Waals surface area contributed by atoms with E-state index in [1.807, 2.05) is 12.1 Å². The summed E-state index contributed by atoms with van der Waals surface area (Å²) in [7, 11) is 0. The molecule has 114 valence electrons. The van der Waals surface area contributed by atoms with Crippen LogP contribution in [0.1, 0.15) is 60.4 Å². The van der Waals surface area contributed by atoms with Gasteiger partial charge in [0.1, 0.15) is 5.82 Å². The number of carbonyl (C=O) groups excluding carboxylic acids is 1. The van der Waals surface area contributed by atoms with E-state index < -0.39 is 0 Å². The van der Waals surface area contributed by atoms with E-state index in [-0.39, 0.29) is 29.2 Å². The molecule has 0 unspecified atom stereocenters. The number of rotatable bonds is 3. The second kappa shape index (κ2) is 6.56. The molecule has 1 saturated carbocycles. The van der Waals surface area contributed by atoms with Crippen LogP contribution in [0.2, 0.25) is 0 Å². The van der Waals surface area contributed by atoms with E-state index >= 15 is 0 Å². The molecule has 0 atom stereocenters. The highest BCUT2D eigenvalue weighted by Crippen LogP contribution is 2.29. The van der Waals surface area contributed by atoms with Gasteiger partial charge in [-0.1, -0.05) is 25.0 Å². The molecular weight excluding hydrogens is 267 g/mol. The Morgan fingerprint density at radius 3 is 2.57 bits per heavy atom. The summed E-state index contributed by atoms with van der Waals surface area (Å²) in [5, 5.41) is 6.26. The van der Waals surface area contributed by atoms with Crippen molar-refractivity contribution in [1.29, 1.82) is 0 Å². The molecule has 2 N–H and O–H groups in total. The molecular formula is C17H23FN2O. The summed E-state index contributed by atoms with van der Waals surface area (Å²) < 4.78 is 14.7. The molecule has 1 aliphatic carbocycles. The number of carbonyl (C=O) groups is 1. The number of benzene rings is 1. The van der Waals surface area contributed by atoms with Gasteiger partial charge in [-0.3, -0.25) is 4.79 Å². The first-order chi connectivity index (χ1) is 10.3. The minimum Gasteiger partial charge on any atom is -0.349 e. The van der Waals surface area contributed by atoms with E-state index in [1.165, 1.54) is 0 Å². The molecule has 4 heteroatoms. The molecule has 0 bridgehead atoms. The summed E-state index contributed by atoms with van der Waals surface area (Å²) in [4.78, 5) is 12.3. The predicted octanol–water partition coefficient (Wildman–Crippen LogP) is 2.97. The highest BCUT2D eigenvalue weighted by molar-refractivity contribution is 5.94. The van der Waals surface area contributed by atoms with Gasteiger partial charge >= 0.3 is 0 Å². The minimum absolute atomic E-state index is 0.206. The lowest BCUT2D eigenvalue weighted by atomic mass is 9.88. The van der Waals surface area contributed by atoms with E-state index in [9.17, 15) is 9.18 Å². The lowest BCUT2D eigenvalue weighted by Crippen LogP contribution is -2.33.